The van der Waals surface area contributed by atoms with Crippen LogP contribution in [-0.4, -0.2) is 26.3 Å². The van der Waals surface area contributed by atoms with E-state index in [0.29, 0.717) is 18.2 Å². The number of aromatic hydroxyl groups is 1. The van der Waals surface area contributed by atoms with Crippen LogP contribution in [0.25, 0.3) is 10.9 Å². The number of para-hydroxylation sites is 1. The third-order valence-corrected chi connectivity index (χ3v) is 4.58. The number of aryl methyl sites for hydroxylation is 1. The molecule has 1 aromatic heterocycles. The lowest BCUT2D eigenvalue weighted by Crippen LogP contribution is -2.37. The highest BCUT2D eigenvalue weighted by molar-refractivity contribution is 5.95. The van der Waals surface area contributed by atoms with Gasteiger partial charge in [-0.15, -0.1) is 10.2 Å². The predicted molar refractivity (Wildman–Crippen MR) is 98.1 cm³/mol. The third kappa shape index (κ3) is 4.07. The van der Waals surface area contributed by atoms with Crippen LogP contribution in [0.1, 0.15) is 52.4 Å². The molecule has 0 aliphatic carbocycles. The number of carbonyl (C=O) groups is 1. The Morgan fingerprint density at radius 2 is 1.76 bits per heavy atom. The second-order valence-electron chi connectivity index (χ2n) is 6.49. The molecule has 0 fully saturated rings. The van der Waals surface area contributed by atoms with Gasteiger partial charge in [0.05, 0.1) is 5.52 Å². The molecule has 0 unspecified atom stereocenters. The van der Waals surface area contributed by atoms with E-state index >= 15 is 0 Å². The number of rotatable bonds is 8. The second-order valence-corrected chi connectivity index (χ2v) is 6.49. The van der Waals surface area contributed by atoms with Crippen LogP contribution >= 0.6 is 0 Å². The van der Waals surface area contributed by atoms with Crippen molar-refractivity contribution in [3.8, 4) is 5.88 Å². The summed E-state index contributed by atoms with van der Waals surface area (Å²) in [7, 11) is 1.72. The summed E-state index contributed by atoms with van der Waals surface area (Å²) in [5, 5.41) is 29.4. The van der Waals surface area contributed by atoms with Crippen molar-refractivity contribution in [3.63, 3.8) is 0 Å². The lowest BCUT2D eigenvalue weighted by Gasteiger charge is -2.23. The lowest BCUT2D eigenvalue weighted by atomic mass is 9.90. The molecule has 0 saturated heterocycles. The number of nitrogens with zero attached hydrogens (tertiary/aromatic N) is 3. The standard InChI is InChI=1S/C19H27N3O3/c1-4-6-12-19(25,13-7-5-2)18(24)21-20-16-14-10-8-9-11-15(14)22(3)17(16)23/h8-11,23,25H,4-7,12-13H2,1-3H3. The first kappa shape index (κ1) is 19.1. The Hall–Kier alpha value is -2.21. The second kappa shape index (κ2) is 8.25. The molecule has 0 atom stereocenters. The average Bonchev–Trinajstić information content (AvgIpc) is 2.87. The Bertz CT molecular complexity index is 757. The topological polar surface area (TPSA) is 87.2 Å². The van der Waals surface area contributed by atoms with Crippen molar-refractivity contribution in [1.29, 1.82) is 0 Å². The van der Waals surface area contributed by atoms with Crippen LogP contribution in [0, 0.1) is 0 Å². The molecule has 2 N–H and O–H groups in total. The first-order valence-electron chi connectivity index (χ1n) is 8.89. The summed E-state index contributed by atoms with van der Waals surface area (Å²) in [5.74, 6) is -0.690. The number of unbranched alkanes of at least 4 members (excludes halogenated alkanes) is 2. The largest absolute Gasteiger partial charge is 0.493 e. The van der Waals surface area contributed by atoms with Crippen LogP contribution in [0.2, 0.25) is 0 Å². The van der Waals surface area contributed by atoms with Crippen molar-refractivity contribution in [2.45, 2.75) is 58.0 Å². The van der Waals surface area contributed by atoms with Gasteiger partial charge in [0.25, 0.3) is 5.91 Å². The minimum Gasteiger partial charge on any atom is -0.493 e. The Morgan fingerprint density at radius 3 is 2.36 bits per heavy atom. The van der Waals surface area contributed by atoms with Gasteiger partial charge in [0.1, 0.15) is 5.60 Å². The maximum absolute atomic E-state index is 12.5. The van der Waals surface area contributed by atoms with Crippen molar-refractivity contribution >= 4 is 22.5 Å². The van der Waals surface area contributed by atoms with Gasteiger partial charge in [0.15, 0.2) is 5.69 Å². The molecule has 1 amide bonds. The zero-order valence-corrected chi connectivity index (χ0v) is 15.2. The summed E-state index contributed by atoms with van der Waals surface area (Å²) in [6.07, 6.45) is 4.04. The highest BCUT2D eigenvalue weighted by Crippen LogP contribution is 2.38. The van der Waals surface area contributed by atoms with Crippen molar-refractivity contribution in [1.82, 2.24) is 4.57 Å². The van der Waals surface area contributed by atoms with Gasteiger partial charge in [-0.1, -0.05) is 57.7 Å². The molecule has 0 radical (unpaired) electrons. The Kier molecular flexibility index (Phi) is 6.31. The van der Waals surface area contributed by atoms with Crippen LogP contribution in [0.3, 0.4) is 0 Å². The summed E-state index contributed by atoms with van der Waals surface area (Å²) < 4.78 is 1.59. The number of amides is 1. The fourth-order valence-corrected chi connectivity index (χ4v) is 2.92. The molecular formula is C19H27N3O3. The minimum atomic E-state index is -1.48. The first-order valence-corrected chi connectivity index (χ1v) is 8.89. The minimum absolute atomic E-state index is 0.0524. The highest BCUT2D eigenvalue weighted by Gasteiger charge is 2.34. The number of hydrogen-bond acceptors (Lipinski definition) is 4. The molecule has 0 aliphatic rings. The molecular weight excluding hydrogens is 318 g/mol. The molecule has 25 heavy (non-hydrogen) atoms. The van der Waals surface area contributed by atoms with Crippen LogP contribution in [0.4, 0.5) is 5.69 Å². The Morgan fingerprint density at radius 1 is 1.16 bits per heavy atom. The maximum atomic E-state index is 12.5. The fraction of sp³-hybridized carbons (Fsp3) is 0.526. The molecule has 0 saturated carbocycles. The van der Waals surface area contributed by atoms with Gasteiger partial charge < -0.3 is 14.8 Å². The predicted octanol–water partition coefficient (Wildman–Crippen LogP) is 4.61. The zero-order chi connectivity index (χ0) is 18.4. The van der Waals surface area contributed by atoms with Gasteiger partial charge in [-0.3, -0.25) is 4.79 Å². The number of benzene rings is 1. The van der Waals surface area contributed by atoms with Crippen molar-refractivity contribution in [2.24, 2.45) is 17.3 Å². The van der Waals surface area contributed by atoms with Crippen LogP contribution < -0.4 is 0 Å². The molecule has 1 heterocycles. The number of aromatic nitrogens is 1. The molecule has 6 heteroatoms. The molecule has 6 nitrogen and oxygen atoms in total. The van der Waals surface area contributed by atoms with E-state index in [-0.39, 0.29) is 11.6 Å². The number of azo groups is 1. The zero-order valence-electron chi connectivity index (χ0n) is 15.2. The van der Waals surface area contributed by atoms with Crippen LogP contribution in [0.15, 0.2) is 34.5 Å². The monoisotopic (exact) mass is 345 g/mol. The van der Waals surface area contributed by atoms with E-state index < -0.39 is 11.5 Å². The number of aliphatic hydroxyl groups is 1. The molecule has 2 rings (SSSR count). The molecule has 0 bridgehead atoms. The van der Waals surface area contributed by atoms with E-state index in [2.05, 4.69) is 10.2 Å². The average molecular weight is 345 g/mol. The van der Waals surface area contributed by atoms with Crippen molar-refractivity contribution < 1.29 is 15.0 Å². The summed E-state index contributed by atoms with van der Waals surface area (Å²) in [6, 6.07) is 7.37. The quantitative estimate of drug-likeness (QED) is 0.685. The van der Waals surface area contributed by atoms with Gasteiger partial charge >= 0.3 is 0 Å². The molecule has 0 spiro atoms. The van der Waals surface area contributed by atoms with Crippen molar-refractivity contribution in [2.75, 3.05) is 0 Å². The van der Waals surface area contributed by atoms with E-state index in [1.807, 2.05) is 38.1 Å². The van der Waals surface area contributed by atoms with Crippen LogP contribution in [0.5, 0.6) is 5.88 Å². The van der Waals surface area contributed by atoms with Gasteiger partial charge in [-0.05, 0) is 18.9 Å². The van der Waals surface area contributed by atoms with Gasteiger partial charge in [0, 0.05) is 12.4 Å². The SMILES string of the molecule is CCCCC(O)(CCCC)C(=O)N=Nc1c(O)n(C)c2ccccc12. The molecule has 2 aromatic rings. The van der Waals surface area contributed by atoms with Gasteiger partial charge in [0.2, 0.25) is 5.88 Å². The molecule has 136 valence electrons. The lowest BCUT2D eigenvalue weighted by molar-refractivity contribution is -0.138. The van der Waals surface area contributed by atoms with E-state index in [1.54, 1.807) is 11.6 Å². The highest BCUT2D eigenvalue weighted by atomic mass is 16.3. The van der Waals surface area contributed by atoms with E-state index in [0.717, 1.165) is 31.2 Å². The Labute approximate surface area is 148 Å². The molecule has 1 aromatic carbocycles. The van der Waals surface area contributed by atoms with E-state index in [4.69, 9.17) is 0 Å². The van der Waals surface area contributed by atoms with Gasteiger partial charge in [-0.25, -0.2) is 0 Å². The summed E-state index contributed by atoms with van der Waals surface area (Å²) in [4.78, 5) is 12.5. The van der Waals surface area contributed by atoms with E-state index in [9.17, 15) is 15.0 Å². The fourth-order valence-electron chi connectivity index (χ4n) is 2.92. The third-order valence-electron chi connectivity index (χ3n) is 4.58. The smallest absolute Gasteiger partial charge is 0.296 e. The van der Waals surface area contributed by atoms with Gasteiger partial charge in [-0.2, -0.15) is 0 Å². The normalized spacial score (nSPS) is 12.3. The summed E-state index contributed by atoms with van der Waals surface area (Å²) in [6.45, 7) is 4.03. The number of carbonyl (C=O) groups excluding carboxylic acids is 1. The van der Waals surface area contributed by atoms with Crippen molar-refractivity contribution in [3.05, 3.63) is 24.3 Å². The van der Waals surface area contributed by atoms with E-state index in [1.165, 1.54) is 0 Å². The number of hydrogen-bond donors (Lipinski definition) is 2. The summed E-state index contributed by atoms with van der Waals surface area (Å²) in [5.41, 5.74) is -0.427. The summed E-state index contributed by atoms with van der Waals surface area (Å²) >= 11 is 0. The maximum Gasteiger partial charge on any atom is 0.296 e. The van der Waals surface area contributed by atoms with Crippen LogP contribution in [-0.2, 0) is 11.8 Å². The Balaban J connectivity index is 2.30. The number of fused-ring (bicyclic) bond motifs is 1. The molecule has 0 aliphatic heterocycles. The first-order chi connectivity index (χ1) is 11.9.